The van der Waals surface area contributed by atoms with Crippen LogP contribution < -0.4 is 5.56 Å². The zero-order valence-electron chi connectivity index (χ0n) is 8.75. The predicted octanol–water partition coefficient (Wildman–Crippen LogP) is 0.789. The highest BCUT2D eigenvalue weighted by molar-refractivity contribution is 5.90. The van der Waals surface area contributed by atoms with Crippen LogP contribution in [0.4, 0.5) is 0 Å². The van der Waals surface area contributed by atoms with E-state index in [4.69, 9.17) is 0 Å². The van der Waals surface area contributed by atoms with Crippen molar-refractivity contribution in [1.29, 1.82) is 0 Å². The summed E-state index contributed by atoms with van der Waals surface area (Å²) in [5, 5.41) is 0. The Morgan fingerprint density at radius 2 is 2.00 bits per heavy atom. The van der Waals surface area contributed by atoms with Gasteiger partial charge in [0.05, 0.1) is 7.11 Å². The monoisotopic (exact) mass is 195 g/mol. The molecule has 1 aromatic rings. The second kappa shape index (κ2) is 3.65. The Balaban J connectivity index is 3.52. The summed E-state index contributed by atoms with van der Waals surface area (Å²) in [7, 11) is 2.89. The molecule has 1 rings (SSSR count). The maximum absolute atomic E-state index is 11.7. The van der Waals surface area contributed by atoms with E-state index >= 15 is 0 Å². The van der Waals surface area contributed by atoms with Gasteiger partial charge in [0.25, 0.3) is 5.56 Å². The fourth-order valence-corrected chi connectivity index (χ4v) is 1.33. The molecule has 0 fully saturated rings. The first-order valence-electron chi connectivity index (χ1n) is 4.24. The Kier molecular flexibility index (Phi) is 2.74. The van der Waals surface area contributed by atoms with Crippen molar-refractivity contribution >= 4 is 5.97 Å². The predicted molar refractivity (Wildman–Crippen MR) is 52.5 cm³/mol. The first kappa shape index (κ1) is 10.5. The molecule has 1 aromatic heterocycles. The van der Waals surface area contributed by atoms with Crippen molar-refractivity contribution in [3.05, 3.63) is 33.2 Å². The number of esters is 1. The number of nitrogens with zero attached hydrogens (tertiary/aromatic N) is 1. The van der Waals surface area contributed by atoms with Crippen LogP contribution in [0.15, 0.2) is 10.9 Å². The molecule has 4 nitrogen and oxygen atoms in total. The molecule has 0 atom stereocenters. The van der Waals surface area contributed by atoms with Gasteiger partial charge in [0.2, 0.25) is 0 Å². The molecule has 0 aliphatic carbocycles. The van der Waals surface area contributed by atoms with Gasteiger partial charge in [0.1, 0.15) is 5.56 Å². The van der Waals surface area contributed by atoms with E-state index < -0.39 is 5.97 Å². The van der Waals surface area contributed by atoms with Crippen LogP contribution >= 0.6 is 0 Å². The lowest BCUT2D eigenvalue weighted by Crippen LogP contribution is -2.27. The van der Waals surface area contributed by atoms with Gasteiger partial charge in [-0.25, -0.2) is 4.79 Å². The van der Waals surface area contributed by atoms with Gasteiger partial charge in [0, 0.05) is 12.7 Å². The number of hydrogen-bond acceptors (Lipinski definition) is 3. The number of aromatic nitrogens is 1. The summed E-state index contributed by atoms with van der Waals surface area (Å²) in [5.74, 6) is -0.580. The van der Waals surface area contributed by atoms with Crippen LogP contribution in [0.1, 0.15) is 21.6 Å². The highest BCUT2D eigenvalue weighted by Crippen LogP contribution is 2.06. The van der Waals surface area contributed by atoms with Crippen LogP contribution in [-0.4, -0.2) is 17.6 Å². The van der Waals surface area contributed by atoms with E-state index in [1.807, 2.05) is 6.92 Å². The van der Waals surface area contributed by atoms with E-state index in [0.717, 1.165) is 5.69 Å². The van der Waals surface area contributed by atoms with E-state index in [0.29, 0.717) is 5.56 Å². The molecule has 4 heteroatoms. The average molecular weight is 195 g/mol. The van der Waals surface area contributed by atoms with Crippen LogP contribution in [0.3, 0.4) is 0 Å². The van der Waals surface area contributed by atoms with Gasteiger partial charge < -0.3 is 9.30 Å². The van der Waals surface area contributed by atoms with Crippen molar-refractivity contribution in [1.82, 2.24) is 4.57 Å². The molecule has 1 heterocycles. The summed E-state index contributed by atoms with van der Waals surface area (Å²) in [6.45, 7) is 3.54. The van der Waals surface area contributed by atoms with Gasteiger partial charge in [-0.2, -0.15) is 0 Å². The molecule has 0 saturated heterocycles. The lowest BCUT2D eigenvalue weighted by molar-refractivity contribution is 0.0597. The first-order valence-corrected chi connectivity index (χ1v) is 4.24. The molecule has 0 spiro atoms. The number of carbonyl (C=O) groups is 1. The van der Waals surface area contributed by atoms with Gasteiger partial charge in [-0.05, 0) is 25.5 Å². The number of carbonyl (C=O) groups excluding carboxylic acids is 1. The molecule has 0 radical (unpaired) electrons. The van der Waals surface area contributed by atoms with Crippen LogP contribution in [-0.2, 0) is 11.8 Å². The number of aryl methyl sites for hydroxylation is 2. The zero-order valence-corrected chi connectivity index (χ0v) is 8.75. The summed E-state index contributed by atoms with van der Waals surface area (Å²) in [6.07, 6.45) is 0. The van der Waals surface area contributed by atoms with Gasteiger partial charge in [0.15, 0.2) is 0 Å². The molecule has 0 aromatic carbocycles. The maximum atomic E-state index is 11.7. The van der Waals surface area contributed by atoms with E-state index in [1.54, 1.807) is 20.0 Å². The highest BCUT2D eigenvalue weighted by atomic mass is 16.5. The summed E-state index contributed by atoms with van der Waals surface area (Å²) >= 11 is 0. The van der Waals surface area contributed by atoms with Crippen molar-refractivity contribution < 1.29 is 9.53 Å². The summed E-state index contributed by atoms with van der Waals surface area (Å²) < 4.78 is 5.97. The minimum Gasteiger partial charge on any atom is -0.465 e. The molecule has 0 aliphatic heterocycles. The van der Waals surface area contributed by atoms with Crippen molar-refractivity contribution in [2.75, 3.05) is 7.11 Å². The normalized spacial score (nSPS) is 10.0. The topological polar surface area (TPSA) is 48.3 Å². The van der Waals surface area contributed by atoms with Crippen molar-refractivity contribution in [3.63, 3.8) is 0 Å². The number of hydrogen-bond donors (Lipinski definition) is 0. The Morgan fingerprint density at radius 1 is 1.43 bits per heavy atom. The molecular weight excluding hydrogens is 182 g/mol. The van der Waals surface area contributed by atoms with Gasteiger partial charge in [-0.1, -0.05) is 0 Å². The minimum absolute atomic E-state index is 0.112. The van der Waals surface area contributed by atoms with E-state index in [1.165, 1.54) is 11.7 Å². The largest absolute Gasteiger partial charge is 0.465 e. The highest BCUT2D eigenvalue weighted by Gasteiger charge is 2.16. The van der Waals surface area contributed by atoms with Crippen LogP contribution in [0.25, 0.3) is 0 Å². The second-order valence-electron chi connectivity index (χ2n) is 3.20. The standard InChI is InChI=1S/C10H13NO3/c1-6-5-7(2)11(3)9(12)8(6)10(13)14-4/h5H,1-4H3. The number of pyridine rings is 1. The van der Waals surface area contributed by atoms with Gasteiger partial charge in [-0.15, -0.1) is 0 Å². The van der Waals surface area contributed by atoms with Crippen molar-refractivity contribution in [2.45, 2.75) is 13.8 Å². The summed E-state index contributed by atoms with van der Waals surface area (Å²) in [6, 6.07) is 1.79. The molecular formula is C10H13NO3. The fraction of sp³-hybridized carbons (Fsp3) is 0.400. The van der Waals surface area contributed by atoms with Gasteiger partial charge >= 0.3 is 5.97 Å². The van der Waals surface area contributed by atoms with Crippen LogP contribution in [0.2, 0.25) is 0 Å². The molecule has 0 aliphatic rings. The van der Waals surface area contributed by atoms with Crippen molar-refractivity contribution in [3.8, 4) is 0 Å². The molecule has 76 valence electrons. The SMILES string of the molecule is COC(=O)c1c(C)cc(C)n(C)c1=O. The first-order chi connectivity index (χ1) is 6.49. The Bertz CT molecular complexity index is 432. The molecule has 0 saturated carbocycles. The average Bonchev–Trinajstić information content (AvgIpc) is 2.14. The molecule has 14 heavy (non-hydrogen) atoms. The fourth-order valence-electron chi connectivity index (χ4n) is 1.33. The Morgan fingerprint density at radius 3 is 2.50 bits per heavy atom. The summed E-state index contributed by atoms with van der Waals surface area (Å²) in [4.78, 5) is 23.0. The number of methoxy groups -OCH3 is 1. The smallest absolute Gasteiger partial charge is 0.343 e. The van der Waals surface area contributed by atoms with Crippen LogP contribution in [0, 0.1) is 13.8 Å². The number of rotatable bonds is 1. The molecule has 0 amide bonds. The van der Waals surface area contributed by atoms with E-state index in [9.17, 15) is 9.59 Å². The van der Waals surface area contributed by atoms with E-state index in [2.05, 4.69) is 4.74 Å². The lowest BCUT2D eigenvalue weighted by atomic mass is 10.1. The lowest BCUT2D eigenvalue weighted by Gasteiger charge is -2.08. The summed E-state index contributed by atoms with van der Waals surface area (Å²) in [5.41, 5.74) is 1.27. The van der Waals surface area contributed by atoms with Gasteiger partial charge in [-0.3, -0.25) is 4.79 Å². The maximum Gasteiger partial charge on any atom is 0.343 e. The minimum atomic E-state index is -0.580. The third-order valence-electron chi connectivity index (χ3n) is 2.26. The third-order valence-corrected chi connectivity index (χ3v) is 2.26. The second-order valence-corrected chi connectivity index (χ2v) is 3.20. The number of ether oxygens (including phenoxy) is 1. The Labute approximate surface area is 82.1 Å². The van der Waals surface area contributed by atoms with E-state index in [-0.39, 0.29) is 11.1 Å². The van der Waals surface area contributed by atoms with Crippen LogP contribution in [0.5, 0.6) is 0 Å². The van der Waals surface area contributed by atoms with Crippen molar-refractivity contribution in [2.24, 2.45) is 7.05 Å². The third kappa shape index (κ3) is 1.55. The molecule has 0 N–H and O–H groups in total. The quantitative estimate of drug-likeness (QED) is 0.622. The molecule has 0 bridgehead atoms. The zero-order chi connectivity index (χ0) is 10.9. The Hall–Kier alpha value is -1.58. The molecule has 0 unspecified atom stereocenters.